The number of amides is 1. The number of anilines is 1. The van der Waals surface area contributed by atoms with E-state index in [2.05, 4.69) is 5.32 Å². The molecule has 6 heteroatoms. The van der Waals surface area contributed by atoms with Crippen molar-refractivity contribution in [1.29, 1.82) is 5.26 Å². The van der Waals surface area contributed by atoms with Gasteiger partial charge in [-0.25, -0.2) is 4.39 Å². The van der Waals surface area contributed by atoms with Crippen LogP contribution < -0.4 is 14.8 Å². The lowest BCUT2D eigenvalue weighted by Gasteiger charge is -2.18. The first-order chi connectivity index (χ1) is 11.7. The standard InChI is InChI=1S/C18H13FN2O3/c19-14-2-4-15(5-3-14)21-18(22)13(11-20)9-12-1-6-16-17(10-12)24-8-7-23-16/h1-6,9-10H,7-8H2,(H,21,22)/b13-9-. The van der Waals surface area contributed by atoms with Crippen LogP contribution in [0.4, 0.5) is 10.1 Å². The number of carbonyl (C=O) groups is 1. The van der Waals surface area contributed by atoms with Crippen molar-refractivity contribution in [2.45, 2.75) is 0 Å². The highest BCUT2D eigenvalue weighted by Crippen LogP contribution is 2.31. The molecule has 1 amide bonds. The van der Waals surface area contributed by atoms with Crippen molar-refractivity contribution in [3.05, 3.63) is 59.4 Å². The summed E-state index contributed by atoms with van der Waals surface area (Å²) in [6, 6.07) is 12.3. The maximum Gasteiger partial charge on any atom is 0.266 e. The van der Waals surface area contributed by atoms with Crippen LogP contribution in [0.1, 0.15) is 5.56 Å². The lowest BCUT2D eigenvalue weighted by atomic mass is 10.1. The Hall–Kier alpha value is -3.33. The van der Waals surface area contributed by atoms with E-state index < -0.39 is 11.7 Å². The Labute approximate surface area is 137 Å². The van der Waals surface area contributed by atoms with E-state index in [9.17, 15) is 14.4 Å². The number of hydrogen-bond acceptors (Lipinski definition) is 4. The number of benzene rings is 2. The third-order valence-corrected chi connectivity index (χ3v) is 3.34. The zero-order valence-corrected chi connectivity index (χ0v) is 12.6. The molecule has 5 nitrogen and oxygen atoms in total. The quantitative estimate of drug-likeness (QED) is 0.695. The Balaban J connectivity index is 1.80. The summed E-state index contributed by atoms with van der Waals surface area (Å²) in [6.07, 6.45) is 1.46. The highest BCUT2D eigenvalue weighted by molar-refractivity contribution is 6.09. The van der Waals surface area contributed by atoms with Gasteiger partial charge in [0.2, 0.25) is 0 Å². The number of rotatable bonds is 3. The first-order valence-corrected chi connectivity index (χ1v) is 7.24. The molecule has 24 heavy (non-hydrogen) atoms. The summed E-state index contributed by atoms with van der Waals surface area (Å²) >= 11 is 0. The maximum absolute atomic E-state index is 12.9. The van der Waals surface area contributed by atoms with E-state index >= 15 is 0 Å². The maximum atomic E-state index is 12.9. The fourth-order valence-electron chi connectivity index (χ4n) is 2.20. The Bertz CT molecular complexity index is 838. The van der Waals surface area contributed by atoms with Crippen molar-refractivity contribution in [1.82, 2.24) is 0 Å². The van der Waals surface area contributed by atoms with Crippen LogP contribution in [0.15, 0.2) is 48.0 Å². The Morgan fingerprint density at radius 1 is 1.12 bits per heavy atom. The molecule has 0 spiro atoms. The zero-order chi connectivity index (χ0) is 16.9. The summed E-state index contributed by atoms with van der Waals surface area (Å²) in [4.78, 5) is 12.2. The molecule has 1 aliphatic rings. The molecule has 0 fully saturated rings. The molecule has 0 aromatic heterocycles. The SMILES string of the molecule is N#C/C(=C/c1ccc2c(c1)OCCO2)C(=O)Nc1ccc(F)cc1. The molecule has 0 saturated carbocycles. The fourth-order valence-corrected chi connectivity index (χ4v) is 2.20. The molecule has 2 aromatic carbocycles. The van der Waals surface area contributed by atoms with Crippen molar-refractivity contribution in [3.63, 3.8) is 0 Å². The molecule has 0 saturated heterocycles. The van der Waals surface area contributed by atoms with E-state index in [1.807, 2.05) is 6.07 Å². The molecule has 120 valence electrons. The van der Waals surface area contributed by atoms with Gasteiger partial charge in [0.1, 0.15) is 30.7 Å². The smallest absolute Gasteiger partial charge is 0.266 e. The number of carbonyl (C=O) groups excluding carboxylic acids is 1. The van der Waals surface area contributed by atoms with E-state index in [0.29, 0.717) is 36.0 Å². The fraction of sp³-hybridized carbons (Fsp3) is 0.111. The van der Waals surface area contributed by atoms with E-state index in [0.717, 1.165) is 0 Å². The van der Waals surface area contributed by atoms with E-state index in [4.69, 9.17) is 9.47 Å². The molecular weight excluding hydrogens is 311 g/mol. The normalized spacial score (nSPS) is 13.1. The van der Waals surface area contributed by atoms with Crippen LogP contribution >= 0.6 is 0 Å². The first kappa shape index (κ1) is 15.6. The second-order valence-electron chi connectivity index (χ2n) is 5.03. The van der Waals surface area contributed by atoms with Gasteiger partial charge in [-0.1, -0.05) is 6.07 Å². The predicted molar refractivity (Wildman–Crippen MR) is 86.1 cm³/mol. The van der Waals surface area contributed by atoms with Crippen molar-refractivity contribution in [3.8, 4) is 17.6 Å². The van der Waals surface area contributed by atoms with Crippen molar-refractivity contribution < 1.29 is 18.7 Å². The van der Waals surface area contributed by atoms with Gasteiger partial charge in [0, 0.05) is 5.69 Å². The van der Waals surface area contributed by atoms with Gasteiger partial charge >= 0.3 is 0 Å². The molecular formula is C18H13FN2O3. The molecule has 0 atom stereocenters. The molecule has 1 N–H and O–H groups in total. The molecule has 0 unspecified atom stereocenters. The second kappa shape index (κ2) is 6.84. The molecule has 2 aromatic rings. The monoisotopic (exact) mass is 324 g/mol. The summed E-state index contributed by atoms with van der Waals surface area (Å²) in [5.41, 5.74) is 0.978. The number of halogens is 1. The highest BCUT2D eigenvalue weighted by atomic mass is 19.1. The average Bonchev–Trinajstić information content (AvgIpc) is 2.61. The molecule has 1 aliphatic heterocycles. The average molecular weight is 324 g/mol. The van der Waals surface area contributed by atoms with Gasteiger partial charge in [0.05, 0.1) is 0 Å². The summed E-state index contributed by atoms with van der Waals surface area (Å²) < 4.78 is 23.8. The zero-order valence-electron chi connectivity index (χ0n) is 12.6. The molecule has 0 bridgehead atoms. The van der Waals surface area contributed by atoms with Gasteiger partial charge in [0.25, 0.3) is 5.91 Å². The number of nitrogens with one attached hydrogen (secondary N) is 1. The summed E-state index contributed by atoms with van der Waals surface area (Å²) in [5.74, 6) is 0.234. The van der Waals surface area contributed by atoms with Crippen molar-refractivity contribution >= 4 is 17.7 Å². The lowest BCUT2D eigenvalue weighted by molar-refractivity contribution is -0.112. The van der Waals surface area contributed by atoms with Crippen LogP contribution in [-0.2, 0) is 4.79 Å². The van der Waals surface area contributed by atoms with E-state index in [1.165, 1.54) is 30.3 Å². The van der Waals surface area contributed by atoms with Crippen LogP contribution in [0.25, 0.3) is 6.08 Å². The highest BCUT2D eigenvalue weighted by Gasteiger charge is 2.13. The van der Waals surface area contributed by atoms with Crippen LogP contribution in [-0.4, -0.2) is 19.1 Å². The lowest BCUT2D eigenvalue weighted by Crippen LogP contribution is -2.15. The van der Waals surface area contributed by atoms with Gasteiger partial charge < -0.3 is 14.8 Å². The van der Waals surface area contributed by atoms with Crippen LogP contribution in [0.3, 0.4) is 0 Å². The van der Waals surface area contributed by atoms with Crippen LogP contribution in [0.2, 0.25) is 0 Å². The van der Waals surface area contributed by atoms with Gasteiger partial charge in [0.15, 0.2) is 11.5 Å². The molecule has 0 radical (unpaired) electrons. The number of fused-ring (bicyclic) bond motifs is 1. The summed E-state index contributed by atoms with van der Waals surface area (Å²) in [7, 11) is 0. The van der Waals surface area contributed by atoms with E-state index in [1.54, 1.807) is 18.2 Å². The van der Waals surface area contributed by atoms with Crippen LogP contribution in [0, 0.1) is 17.1 Å². The minimum absolute atomic E-state index is 0.0731. The molecule has 0 aliphatic carbocycles. The third-order valence-electron chi connectivity index (χ3n) is 3.34. The van der Waals surface area contributed by atoms with Crippen molar-refractivity contribution in [2.24, 2.45) is 0 Å². The summed E-state index contributed by atoms with van der Waals surface area (Å²) in [6.45, 7) is 0.946. The van der Waals surface area contributed by atoms with E-state index in [-0.39, 0.29) is 5.57 Å². The third kappa shape index (κ3) is 3.52. The number of nitrogens with zero attached hydrogens (tertiary/aromatic N) is 1. The van der Waals surface area contributed by atoms with Gasteiger partial charge in [-0.2, -0.15) is 5.26 Å². The summed E-state index contributed by atoms with van der Waals surface area (Å²) in [5, 5.41) is 11.8. The van der Waals surface area contributed by atoms with Crippen LogP contribution in [0.5, 0.6) is 11.5 Å². The van der Waals surface area contributed by atoms with Gasteiger partial charge in [-0.05, 0) is 48.0 Å². The Kier molecular flexibility index (Phi) is 4.43. The second-order valence-corrected chi connectivity index (χ2v) is 5.03. The number of nitriles is 1. The van der Waals surface area contributed by atoms with Gasteiger partial charge in [-0.3, -0.25) is 4.79 Å². The minimum Gasteiger partial charge on any atom is -0.486 e. The number of ether oxygens (including phenoxy) is 2. The van der Waals surface area contributed by atoms with Crippen molar-refractivity contribution in [2.75, 3.05) is 18.5 Å². The predicted octanol–water partition coefficient (Wildman–Crippen LogP) is 3.14. The molecule has 1 heterocycles. The largest absolute Gasteiger partial charge is 0.486 e. The first-order valence-electron chi connectivity index (χ1n) is 7.24. The minimum atomic E-state index is -0.570. The topological polar surface area (TPSA) is 71.3 Å². The Morgan fingerprint density at radius 2 is 1.83 bits per heavy atom. The van der Waals surface area contributed by atoms with Gasteiger partial charge in [-0.15, -0.1) is 0 Å². The number of hydrogen-bond donors (Lipinski definition) is 1. The molecule has 3 rings (SSSR count). The Morgan fingerprint density at radius 3 is 2.54 bits per heavy atom.